The molecule has 1 aliphatic rings. The highest BCUT2D eigenvalue weighted by molar-refractivity contribution is 5.20. The van der Waals surface area contributed by atoms with E-state index in [9.17, 15) is 0 Å². The van der Waals surface area contributed by atoms with Crippen LogP contribution < -0.4 is 15.4 Å². The first-order valence-corrected chi connectivity index (χ1v) is 7.07. The molecule has 1 heterocycles. The van der Waals surface area contributed by atoms with Crippen LogP contribution in [0.25, 0.3) is 0 Å². The molecule has 2 N–H and O–H groups in total. The van der Waals surface area contributed by atoms with E-state index in [0.29, 0.717) is 6.04 Å². The first-order valence-electron chi connectivity index (χ1n) is 7.07. The van der Waals surface area contributed by atoms with Crippen molar-refractivity contribution in [2.45, 2.75) is 31.7 Å². The summed E-state index contributed by atoms with van der Waals surface area (Å²) in [5.74, 6) is 0.964. The average Bonchev–Trinajstić information content (AvgIpc) is 2.45. The maximum Gasteiger partial charge on any atom is 0.119 e. The van der Waals surface area contributed by atoms with E-state index in [0.717, 1.165) is 31.9 Å². The summed E-state index contributed by atoms with van der Waals surface area (Å²) in [6.07, 6.45) is 5.08. The predicted molar refractivity (Wildman–Crippen MR) is 75.1 cm³/mol. The molecule has 1 aliphatic heterocycles. The zero-order valence-corrected chi connectivity index (χ0v) is 11.0. The van der Waals surface area contributed by atoms with Crippen LogP contribution in [-0.4, -0.2) is 32.3 Å². The third-order valence-corrected chi connectivity index (χ3v) is 3.31. The highest BCUT2D eigenvalue weighted by atomic mass is 16.5. The van der Waals surface area contributed by atoms with E-state index in [1.807, 2.05) is 30.3 Å². The van der Waals surface area contributed by atoms with Crippen LogP contribution in [0.3, 0.4) is 0 Å². The Balaban J connectivity index is 1.46. The molecule has 2 rings (SSSR count). The summed E-state index contributed by atoms with van der Waals surface area (Å²) in [5.41, 5.74) is 0. The van der Waals surface area contributed by atoms with E-state index in [4.69, 9.17) is 4.74 Å². The van der Waals surface area contributed by atoms with Gasteiger partial charge in [0.15, 0.2) is 0 Å². The van der Waals surface area contributed by atoms with Crippen molar-refractivity contribution < 1.29 is 4.74 Å². The van der Waals surface area contributed by atoms with Crippen molar-refractivity contribution in [3.63, 3.8) is 0 Å². The van der Waals surface area contributed by atoms with E-state index in [2.05, 4.69) is 10.6 Å². The fourth-order valence-electron chi connectivity index (χ4n) is 2.28. The Morgan fingerprint density at radius 2 is 2.11 bits per heavy atom. The highest BCUT2D eigenvalue weighted by Crippen LogP contribution is 2.08. The summed E-state index contributed by atoms with van der Waals surface area (Å²) in [5, 5.41) is 7.04. The van der Waals surface area contributed by atoms with Gasteiger partial charge < -0.3 is 15.4 Å². The lowest BCUT2D eigenvalue weighted by atomic mass is 10.1. The van der Waals surface area contributed by atoms with E-state index in [1.165, 1.54) is 25.8 Å². The summed E-state index contributed by atoms with van der Waals surface area (Å²) in [6, 6.07) is 10.7. The lowest BCUT2D eigenvalue weighted by Gasteiger charge is -2.23. The number of hydrogen-bond donors (Lipinski definition) is 2. The summed E-state index contributed by atoms with van der Waals surface area (Å²) >= 11 is 0. The molecule has 0 bridgehead atoms. The Morgan fingerprint density at radius 1 is 1.22 bits per heavy atom. The standard InChI is InChI=1S/C15H24N2O/c1-2-8-15(9-3-1)18-12-6-10-16-13-14-7-4-5-11-17-14/h1-3,8-9,14,16-17H,4-7,10-13H2. The average molecular weight is 248 g/mol. The predicted octanol–water partition coefficient (Wildman–Crippen LogP) is 2.19. The molecule has 1 fully saturated rings. The smallest absolute Gasteiger partial charge is 0.119 e. The van der Waals surface area contributed by atoms with E-state index in [1.54, 1.807) is 0 Å². The molecule has 1 unspecified atom stereocenters. The zero-order chi connectivity index (χ0) is 12.5. The second kappa shape index (κ2) is 8.11. The molecule has 0 saturated carbocycles. The number of benzene rings is 1. The van der Waals surface area contributed by atoms with Crippen LogP contribution in [0.15, 0.2) is 30.3 Å². The Labute approximate surface area is 110 Å². The number of nitrogens with one attached hydrogen (secondary N) is 2. The number of ether oxygens (including phenoxy) is 1. The van der Waals surface area contributed by atoms with E-state index < -0.39 is 0 Å². The molecule has 1 aromatic rings. The van der Waals surface area contributed by atoms with Gasteiger partial charge in [-0.05, 0) is 44.5 Å². The minimum Gasteiger partial charge on any atom is -0.494 e. The molecule has 1 saturated heterocycles. The lowest BCUT2D eigenvalue weighted by molar-refractivity contribution is 0.304. The normalized spacial score (nSPS) is 19.7. The van der Waals surface area contributed by atoms with Gasteiger partial charge in [0, 0.05) is 12.6 Å². The maximum atomic E-state index is 5.64. The topological polar surface area (TPSA) is 33.3 Å². The summed E-state index contributed by atoms with van der Waals surface area (Å²) in [7, 11) is 0. The number of hydrogen-bond acceptors (Lipinski definition) is 3. The number of piperidine rings is 1. The van der Waals surface area contributed by atoms with Crippen molar-refractivity contribution in [1.82, 2.24) is 10.6 Å². The van der Waals surface area contributed by atoms with Crippen molar-refractivity contribution in [1.29, 1.82) is 0 Å². The second-order valence-electron chi connectivity index (χ2n) is 4.87. The summed E-state index contributed by atoms with van der Waals surface area (Å²) < 4.78 is 5.64. The monoisotopic (exact) mass is 248 g/mol. The van der Waals surface area contributed by atoms with E-state index >= 15 is 0 Å². The van der Waals surface area contributed by atoms with Crippen LogP contribution >= 0.6 is 0 Å². The fraction of sp³-hybridized carbons (Fsp3) is 0.600. The highest BCUT2D eigenvalue weighted by Gasteiger charge is 2.10. The summed E-state index contributed by atoms with van der Waals surface area (Å²) in [4.78, 5) is 0. The van der Waals surface area contributed by atoms with Crippen molar-refractivity contribution in [3.8, 4) is 5.75 Å². The van der Waals surface area contributed by atoms with Crippen molar-refractivity contribution in [2.24, 2.45) is 0 Å². The van der Waals surface area contributed by atoms with Gasteiger partial charge in [0.05, 0.1) is 6.61 Å². The Hall–Kier alpha value is -1.06. The molecule has 0 amide bonds. The number of para-hydroxylation sites is 1. The zero-order valence-electron chi connectivity index (χ0n) is 11.0. The SMILES string of the molecule is c1ccc(OCCCNCC2CCCCN2)cc1. The molecule has 0 aromatic heterocycles. The van der Waals surface area contributed by atoms with Gasteiger partial charge in [0.25, 0.3) is 0 Å². The minimum atomic E-state index is 0.675. The first-order chi connectivity index (χ1) is 8.95. The van der Waals surface area contributed by atoms with Gasteiger partial charge in [-0.15, -0.1) is 0 Å². The maximum absolute atomic E-state index is 5.64. The van der Waals surface area contributed by atoms with E-state index in [-0.39, 0.29) is 0 Å². The quantitative estimate of drug-likeness (QED) is 0.726. The van der Waals surface area contributed by atoms with Crippen LogP contribution in [0.2, 0.25) is 0 Å². The largest absolute Gasteiger partial charge is 0.494 e. The Morgan fingerprint density at radius 3 is 2.89 bits per heavy atom. The summed E-state index contributed by atoms with van der Waals surface area (Å²) in [6.45, 7) is 4.09. The van der Waals surface area contributed by atoms with Crippen molar-refractivity contribution in [3.05, 3.63) is 30.3 Å². The van der Waals surface area contributed by atoms with Gasteiger partial charge in [0.1, 0.15) is 5.75 Å². The van der Waals surface area contributed by atoms with Crippen LogP contribution in [0.4, 0.5) is 0 Å². The molecule has 100 valence electrons. The van der Waals surface area contributed by atoms with Gasteiger partial charge in [0.2, 0.25) is 0 Å². The molecular formula is C15H24N2O. The molecular weight excluding hydrogens is 224 g/mol. The minimum absolute atomic E-state index is 0.675. The Kier molecular flexibility index (Phi) is 6.03. The Bertz CT molecular complexity index is 310. The molecule has 3 nitrogen and oxygen atoms in total. The third kappa shape index (κ3) is 5.07. The molecule has 1 aromatic carbocycles. The molecule has 18 heavy (non-hydrogen) atoms. The van der Waals surface area contributed by atoms with Crippen molar-refractivity contribution in [2.75, 3.05) is 26.2 Å². The molecule has 0 radical (unpaired) electrons. The molecule has 3 heteroatoms. The second-order valence-corrected chi connectivity index (χ2v) is 4.87. The van der Waals surface area contributed by atoms with Crippen LogP contribution in [0, 0.1) is 0 Å². The third-order valence-electron chi connectivity index (χ3n) is 3.31. The lowest BCUT2D eigenvalue weighted by Crippen LogP contribution is -2.42. The van der Waals surface area contributed by atoms with Gasteiger partial charge >= 0.3 is 0 Å². The van der Waals surface area contributed by atoms with Gasteiger partial charge in [-0.25, -0.2) is 0 Å². The molecule has 1 atom stereocenters. The number of rotatable bonds is 7. The van der Waals surface area contributed by atoms with Gasteiger partial charge in [-0.2, -0.15) is 0 Å². The van der Waals surface area contributed by atoms with Gasteiger partial charge in [-0.1, -0.05) is 24.6 Å². The van der Waals surface area contributed by atoms with Crippen LogP contribution in [-0.2, 0) is 0 Å². The van der Waals surface area contributed by atoms with Gasteiger partial charge in [-0.3, -0.25) is 0 Å². The van der Waals surface area contributed by atoms with Crippen LogP contribution in [0.1, 0.15) is 25.7 Å². The molecule has 0 aliphatic carbocycles. The first kappa shape index (κ1) is 13.4. The molecule has 0 spiro atoms. The van der Waals surface area contributed by atoms with Crippen LogP contribution in [0.5, 0.6) is 5.75 Å². The van der Waals surface area contributed by atoms with Crippen molar-refractivity contribution >= 4 is 0 Å². The fourth-order valence-corrected chi connectivity index (χ4v) is 2.28.